The Bertz CT molecular complexity index is 833. The molecule has 2 N–H and O–H groups in total. The second-order valence-electron chi connectivity index (χ2n) is 6.88. The lowest BCUT2D eigenvalue weighted by Crippen LogP contribution is -2.31. The summed E-state index contributed by atoms with van der Waals surface area (Å²) in [5.74, 6) is -0.0460. The zero-order chi connectivity index (χ0) is 19.2. The summed E-state index contributed by atoms with van der Waals surface area (Å²) in [5, 5.41) is 17.0. The minimum absolute atomic E-state index is 0.0432. The van der Waals surface area contributed by atoms with Crippen molar-refractivity contribution in [2.75, 3.05) is 5.32 Å². The molecule has 2 aromatic heterocycles. The van der Waals surface area contributed by atoms with Gasteiger partial charge in [0.05, 0.1) is 18.0 Å². The number of Topliss-reactive ketones (excluding diaryl/α,β-unsaturated/α-hetero) is 1. The van der Waals surface area contributed by atoms with Crippen LogP contribution >= 0.6 is 15.9 Å². The topological polar surface area (TPSA) is 97.1 Å². The van der Waals surface area contributed by atoms with Gasteiger partial charge in [-0.15, -0.1) is 0 Å². The predicted octanol–water partition coefficient (Wildman–Crippen LogP) is 2.32. The van der Waals surface area contributed by atoms with Crippen molar-refractivity contribution >= 4 is 27.4 Å². The maximum Gasteiger partial charge on any atom is 0.283 e. The van der Waals surface area contributed by atoms with Gasteiger partial charge in [-0.2, -0.15) is 5.10 Å². The molecule has 2 heterocycles. The van der Waals surface area contributed by atoms with Crippen LogP contribution in [-0.2, 0) is 17.8 Å². The molecule has 0 saturated heterocycles. The SMILES string of the molecule is O=C(CCc1ccncc1)Cn1ncc(NC2CCC(O)CC2)c(Br)c1=O. The fourth-order valence-corrected chi connectivity index (χ4v) is 3.62. The molecule has 27 heavy (non-hydrogen) atoms. The van der Waals surface area contributed by atoms with Crippen LogP contribution in [0.2, 0.25) is 0 Å². The number of aliphatic hydroxyl groups excluding tert-OH is 1. The first-order chi connectivity index (χ1) is 13.0. The van der Waals surface area contributed by atoms with Gasteiger partial charge < -0.3 is 10.4 Å². The van der Waals surface area contributed by atoms with Crippen molar-refractivity contribution in [1.29, 1.82) is 0 Å². The summed E-state index contributed by atoms with van der Waals surface area (Å²) in [5.41, 5.74) is 1.34. The molecule has 1 saturated carbocycles. The van der Waals surface area contributed by atoms with E-state index in [4.69, 9.17) is 0 Å². The number of aryl methyl sites for hydroxylation is 1. The summed E-state index contributed by atoms with van der Waals surface area (Å²) in [6.07, 6.45) is 8.92. The Morgan fingerprint density at radius 3 is 2.67 bits per heavy atom. The van der Waals surface area contributed by atoms with Gasteiger partial charge in [-0.1, -0.05) is 0 Å². The van der Waals surface area contributed by atoms with Gasteiger partial charge in [0.1, 0.15) is 11.0 Å². The van der Waals surface area contributed by atoms with E-state index >= 15 is 0 Å². The largest absolute Gasteiger partial charge is 0.393 e. The lowest BCUT2D eigenvalue weighted by atomic mass is 9.93. The third-order valence-electron chi connectivity index (χ3n) is 4.81. The standard InChI is InChI=1S/C19H23BrN4O3/c20-18-17(23-14-2-5-15(25)6-3-14)11-22-24(19(18)27)12-16(26)4-1-13-7-9-21-10-8-13/h7-11,14-15,23,25H,1-6,12H2. The highest BCUT2D eigenvalue weighted by molar-refractivity contribution is 9.10. The molecule has 0 aliphatic heterocycles. The van der Waals surface area contributed by atoms with Crippen molar-refractivity contribution in [3.05, 3.63) is 51.1 Å². The number of hydrogen-bond donors (Lipinski definition) is 2. The molecule has 8 heteroatoms. The predicted molar refractivity (Wildman–Crippen MR) is 106 cm³/mol. The number of nitrogens with zero attached hydrogens (tertiary/aromatic N) is 3. The average Bonchev–Trinajstić information content (AvgIpc) is 2.68. The second-order valence-corrected chi connectivity index (χ2v) is 7.67. The summed E-state index contributed by atoms with van der Waals surface area (Å²) in [6, 6.07) is 3.96. The van der Waals surface area contributed by atoms with Gasteiger partial charge in [-0.05, 0) is 65.7 Å². The van der Waals surface area contributed by atoms with Crippen LogP contribution in [0.4, 0.5) is 5.69 Å². The maximum atomic E-state index is 12.5. The van der Waals surface area contributed by atoms with E-state index in [0.717, 1.165) is 31.2 Å². The molecule has 0 radical (unpaired) electrons. The molecule has 1 aliphatic carbocycles. The van der Waals surface area contributed by atoms with Crippen LogP contribution in [0, 0.1) is 0 Å². The Labute approximate surface area is 166 Å². The zero-order valence-electron chi connectivity index (χ0n) is 15.0. The Kier molecular flexibility index (Phi) is 6.73. The fraction of sp³-hybridized carbons (Fsp3) is 0.474. The molecule has 0 amide bonds. The van der Waals surface area contributed by atoms with Crippen LogP contribution in [0.25, 0.3) is 0 Å². The van der Waals surface area contributed by atoms with Crippen LogP contribution in [0.5, 0.6) is 0 Å². The van der Waals surface area contributed by atoms with E-state index in [9.17, 15) is 14.7 Å². The van der Waals surface area contributed by atoms with Crippen LogP contribution in [0.1, 0.15) is 37.7 Å². The number of anilines is 1. The number of carbonyl (C=O) groups is 1. The van der Waals surface area contributed by atoms with Crippen molar-refractivity contribution in [1.82, 2.24) is 14.8 Å². The van der Waals surface area contributed by atoms with E-state index in [1.54, 1.807) is 18.6 Å². The highest BCUT2D eigenvalue weighted by Gasteiger charge is 2.21. The summed E-state index contributed by atoms with van der Waals surface area (Å²) < 4.78 is 1.57. The monoisotopic (exact) mass is 434 g/mol. The van der Waals surface area contributed by atoms with E-state index in [1.165, 1.54) is 4.68 Å². The number of aliphatic hydroxyl groups is 1. The van der Waals surface area contributed by atoms with Crippen LogP contribution < -0.4 is 10.9 Å². The van der Waals surface area contributed by atoms with E-state index in [0.29, 0.717) is 23.0 Å². The molecule has 0 unspecified atom stereocenters. The number of halogens is 1. The summed E-state index contributed by atoms with van der Waals surface area (Å²) in [7, 11) is 0. The number of aromatic nitrogens is 3. The molecule has 7 nitrogen and oxygen atoms in total. The molecule has 0 atom stereocenters. The molecule has 144 valence electrons. The van der Waals surface area contributed by atoms with Crippen LogP contribution in [0.3, 0.4) is 0 Å². The van der Waals surface area contributed by atoms with E-state index in [-0.39, 0.29) is 30.0 Å². The number of rotatable bonds is 7. The first-order valence-corrected chi connectivity index (χ1v) is 9.93. The third-order valence-corrected chi connectivity index (χ3v) is 5.58. The van der Waals surface area contributed by atoms with E-state index in [1.807, 2.05) is 12.1 Å². The van der Waals surface area contributed by atoms with Gasteiger partial charge in [0.2, 0.25) is 0 Å². The molecular formula is C19H23BrN4O3. The Balaban J connectivity index is 1.59. The molecule has 0 spiro atoms. The fourth-order valence-electron chi connectivity index (χ4n) is 3.20. The smallest absolute Gasteiger partial charge is 0.283 e. The van der Waals surface area contributed by atoms with Crippen molar-refractivity contribution in [2.45, 2.75) is 57.2 Å². The molecule has 2 aromatic rings. The third kappa shape index (κ3) is 5.46. The summed E-state index contributed by atoms with van der Waals surface area (Å²) >= 11 is 3.33. The van der Waals surface area contributed by atoms with E-state index in [2.05, 4.69) is 31.3 Å². The van der Waals surface area contributed by atoms with Gasteiger partial charge in [-0.3, -0.25) is 14.6 Å². The number of pyridine rings is 1. The highest BCUT2D eigenvalue weighted by atomic mass is 79.9. The first-order valence-electron chi connectivity index (χ1n) is 9.13. The summed E-state index contributed by atoms with van der Waals surface area (Å²) in [4.78, 5) is 28.7. The van der Waals surface area contributed by atoms with Crippen molar-refractivity contribution < 1.29 is 9.90 Å². The molecular weight excluding hydrogens is 412 g/mol. The van der Waals surface area contributed by atoms with Crippen molar-refractivity contribution in [3.8, 4) is 0 Å². The number of hydrogen-bond acceptors (Lipinski definition) is 6. The Hall–Kier alpha value is -2.06. The lowest BCUT2D eigenvalue weighted by molar-refractivity contribution is -0.119. The van der Waals surface area contributed by atoms with Gasteiger partial charge in [-0.25, -0.2) is 4.68 Å². The number of nitrogens with one attached hydrogen (secondary N) is 1. The minimum Gasteiger partial charge on any atom is -0.393 e. The summed E-state index contributed by atoms with van der Waals surface area (Å²) in [6.45, 7) is -0.0432. The average molecular weight is 435 g/mol. The van der Waals surface area contributed by atoms with Gasteiger partial charge >= 0.3 is 0 Å². The quantitative estimate of drug-likeness (QED) is 0.693. The highest BCUT2D eigenvalue weighted by Crippen LogP contribution is 2.24. The van der Waals surface area contributed by atoms with Crippen molar-refractivity contribution in [3.63, 3.8) is 0 Å². The number of carbonyl (C=O) groups excluding carboxylic acids is 1. The second kappa shape index (κ2) is 9.23. The molecule has 0 bridgehead atoms. The van der Waals surface area contributed by atoms with Crippen molar-refractivity contribution in [2.24, 2.45) is 0 Å². The van der Waals surface area contributed by atoms with Gasteiger partial charge in [0, 0.05) is 24.9 Å². The Morgan fingerprint density at radius 1 is 1.26 bits per heavy atom. The lowest BCUT2D eigenvalue weighted by Gasteiger charge is -2.27. The van der Waals surface area contributed by atoms with Crippen LogP contribution in [-0.4, -0.2) is 37.8 Å². The van der Waals surface area contributed by atoms with Gasteiger partial charge in [0.25, 0.3) is 5.56 Å². The maximum absolute atomic E-state index is 12.5. The van der Waals surface area contributed by atoms with E-state index < -0.39 is 0 Å². The number of ketones is 1. The molecule has 0 aromatic carbocycles. The molecule has 1 fully saturated rings. The van der Waals surface area contributed by atoms with Crippen LogP contribution in [0.15, 0.2) is 40.0 Å². The molecule has 1 aliphatic rings. The Morgan fingerprint density at radius 2 is 1.96 bits per heavy atom. The normalized spacial score (nSPS) is 19.6. The zero-order valence-corrected chi connectivity index (χ0v) is 16.6. The van der Waals surface area contributed by atoms with Gasteiger partial charge in [0.15, 0.2) is 5.78 Å². The minimum atomic E-state index is -0.326. The first kappa shape index (κ1) is 19.7. The molecule has 3 rings (SSSR count).